The van der Waals surface area contributed by atoms with E-state index in [2.05, 4.69) is 10.00 Å². The normalized spacial score (nSPS) is 15.7. The van der Waals surface area contributed by atoms with Crippen LogP contribution in [0.1, 0.15) is 19.3 Å². The van der Waals surface area contributed by atoms with Crippen LogP contribution in [0.2, 0.25) is 0 Å². The molecule has 0 unspecified atom stereocenters. The Kier molecular flexibility index (Phi) is 4.53. The van der Waals surface area contributed by atoms with Gasteiger partial charge in [-0.25, -0.2) is 4.68 Å². The smallest absolute Gasteiger partial charge is 0.268 e. The Balaban J connectivity index is 1.83. The maximum atomic E-state index is 12.0. The average Bonchev–Trinajstić information content (AvgIpc) is 2.58. The number of likely N-dealkylation sites (tertiary alicyclic amines) is 1. The molecule has 1 aromatic heterocycles. The van der Waals surface area contributed by atoms with Crippen LogP contribution in [0.4, 0.5) is 0 Å². The summed E-state index contributed by atoms with van der Waals surface area (Å²) in [4.78, 5) is 14.3. The van der Waals surface area contributed by atoms with Crippen molar-refractivity contribution < 1.29 is 4.74 Å². The second kappa shape index (κ2) is 6.75. The van der Waals surface area contributed by atoms with Crippen LogP contribution >= 0.6 is 0 Å². The molecule has 0 aliphatic carbocycles. The standard InChI is InChI=1S/C17H21N3O2/c1-22-15-7-5-14(6-8-15)16-9-10-17(21)20(18-16)13-19-11-3-2-4-12-19/h5-10H,2-4,11-13H2,1H3. The zero-order valence-corrected chi connectivity index (χ0v) is 12.9. The van der Waals surface area contributed by atoms with Crippen LogP contribution in [0.25, 0.3) is 11.3 Å². The van der Waals surface area contributed by atoms with Gasteiger partial charge in [-0.15, -0.1) is 0 Å². The summed E-state index contributed by atoms with van der Waals surface area (Å²) in [6, 6.07) is 11.1. The highest BCUT2D eigenvalue weighted by Crippen LogP contribution is 2.19. The molecule has 1 aliphatic rings. The second-order valence-electron chi connectivity index (χ2n) is 5.60. The van der Waals surface area contributed by atoms with E-state index in [0.717, 1.165) is 30.1 Å². The molecule has 2 aromatic rings. The molecule has 0 saturated carbocycles. The number of benzene rings is 1. The molecule has 0 N–H and O–H groups in total. The first-order chi connectivity index (χ1) is 10.8. The molecule has 0 spiro atoms. The quantitative estimate of drug-likeness (QED) is 0.869. The van der Waals surface area contributed by atoms with Gasteiger partial charge in [-0.2, -0.15) is 5.10 Å². The van der Waals surface area contributed by atoms with Gasteiger partial charge in [0, 0.05) is 11.6 Å². The zero-order chi connectivity index (χ0) is 15.4. The Morgan fingerprint density at radius 1 is 1.05 bits per heavy atom. The fourth-order valence-electron chi connectivity index (χ4n) is 2.76. The minimum atomic E-state index is -0.0529. The van der Waals surface area contributed by atoms with E-state index in [1.165, 1.54) is 19.3 Å². The largest absolute Gasteiger partial charge is 0.497 e. The number of nitrogens with zero attached hydrogens (tertiary/aromatic N) is 3. The third kappa shape index (κ3) is 3.36. The molecule has 5 heteroatoms. The van der Waals surface area contributed by atoms with E-state index in [0.29, 0.717) is 6.67 Å². The molecule has 2 heterocycles. The lowest BCUT2D eigenvalue weighted by molar-refractivity contribution is 0.170. The minimum absolute atomic E-state index is 0.0529. The molecule has 22 heavy (non-hydrogen) atoms. The highest BCUT2D eigenvalue weighted by Gasteiger charge is 2.12. The molecule has 116 valence electrons. The molecule has 1 saturated heterocycles. The van der Waals surface area contributed by atoms with Gasteiger partial charge < -0.3 is 4.74 Å². The Bertz CT molecular complexity index is 673. The predicted octanol–water partition coefficient (Wildman–Crippen LogP) is 2.36. The van der Waals surface area contributed by atoms with E-state index < -0.39 is 0 Å². The lowest BCUT2D eigenvalue weighted by Gasteiger charge is -2.26. The maximum Gasteiger partial charge on any atom is 0.268 e. The molecule has 3 rings (SSSR count). The highest BCUT2D eigenvalue weighted by molar-refractivity contribution is 5.59. The van der Waals surface area contributed by atoms with Crippen LogP contribution in [0.3, 0.4) is 0 Å². The van der Waals surface area contributed by atoms with E-state index in [9.17, 15) is 4.79 Å². The van der Waals surface area contributed by atoms with Crippen molar-refractivity contribution in [3.63, 3.8) is 0 Å². The Labute approximate surface area is 130 Å². The van der Waals surface area contributed by atoms with Gasteiger partial charge in [0.2, 0.25) is 0 Å². The maximum absolute atomic E-state index is 12.0. The van der Waals surface area contributed by atoms with E-state index in [-0.39, 0.29) is 5.56 Å². The van der Waals surface area contributed by atoms with Gasteiger partial charge in [-0.05, 0) is 56.3 Å². The number of hydrogen-bond acceptors (Lipinski definition) is 4. The van der Waals surface area contributed by atoms with Gasteiger partial charge in [0.15, 0.2) is 0 Å². The summed E-state index contributed by atoms with van der Waals surface area (Å²) < 4.78 is 6.73. The molecule has 1 aromatic carbocycles. The average molecular weight is 299 g/mol. The van der Waals surface area contributed by atoms with Gasteiger partial charge in [-0.3, -0.25) is 9.69 Å². The van der Waals surface area contributed by atoms with Gasteiger partial charge in [-0.1, -0.05) is 6.42 Å². The molecule has 5 nitrogen and oxygen atoms in total. The summed E-state index contributed by atoms with van der Waals surface area (Å²) in [5.74, 6) is 0.811. The summed E-state index contributed by atoms with van der Waals surface area (Å²) >= 11 is 0. The van der Waals surface area contributed by atoms with Gasteiger partial charge >= 0.3 is 0 Å². The molecule has 0 bridgehead atoms. The Morgan fingerprint density at radius 3 is 2.45 bits per heavy atom. The van der Waals surface area contributed by atoms with Crippen molar-refractivity contribution in [2.75, 3.05) is 20.2 Å². The number of piperidine rings is 1. The molecule has 1 aliphatic heterocycles. The molecular weight excluding hydrogens is 278 g/mol. The van der Waals surface area contributed by atoms with Crippen molar-refractivity contribution in [1.29, 1.82) is 0 Å². The summed E-state index contributed by atoms with van der Waals surface area (Å²) in [6.45, 7) is 2.66. The lowest BCUT2D eigenvalue weighted by atomic mass is 10.1. The first-order valence-corrected chi connectivity index (χ1v) is 7.71. The molecule has 1 fully saturated rings. The summed E-state index contributed by atoms with van der Waals surface area (Å²) in [7, 11) is 1.64. The van der Waals surface area contributed by atoms with Crippen molar-refractivity contribution >= 4 is 0 Å². The summed E-state index contributed by atoms with van der Waals surface area (Å²) in [5.41, 5.74) is 1.73. The van der Waals surface area contributed by atoms with E-state index in [4.69, 9.17) is 4.74 Å². The fourth-order valence-corrected chi connectivity index (χ4v) is 2.76. The number of aromatic nitrogens is 2. The summed E-state index contributed by atoms with van der Waals surface area (Å²) in [5, 5.41) is 4.51. The van der Waals surface area contributed by atoms with Crippen molar-refractivity contribution in [3.8, 4) is 17.0 Å². The van der Waals surface area contributed by atoms with Crippen LogP contribution in [0.5, 0.6) is 5.75 Å². The first-order valence-electron chi connectivity index (χ1n) is 7.71. The lowest BCUT2D eigenvalue weighted by Crippen LogP contribution is -2.36. The van der Waals surface area contributed by atoms with Gasteiger partial charge in [0.05, 0.1) is 19.5 Å². The van der Waals surface area contributed by atoms with Crippen molar-refractivity contribution in [2.24, 2.45) is 0 Å². The number of ether oxygens (including phenoxy) is 1. The third-order valence-corrected chi connectivity index (χ3v) is 4.04. The van der Waals surface area contributed by atoms with Gasteiger partial charge in [0.25, 0.3) is 5.56 Å². The monoisotopic (exact) mass is 299 g/mol. The topological polar surface area (TPSA) is 47.4 Å². The van der Waals surface area contributed by atoms with Crippen molar-refractivity contribution in [3.05, 3.63) is 46.8 Å². The van der Waals surface area contributed by atoms with Crippen LogP contribution in [0.15, 0.2) is 41.2 Å². The number of hydrogen-bond donors (Lipinski definition) is 0. The van der Waals surface area contributed by atoms with Crippen molar-refractivity contribution in [2.45, 2.75) is 25.9 Å². The van der Waals surface area contributed by atoms with Crippen LogP contribution < -0.4 is 10.3 Å². The van der Waals surface area contributed by atoms with Gasteiger partial charge in [0.1, 0.15) is 5.75 Å². The Hall–Kier alpha value is -2.14. The molecule has 0 atom stereocenters. The van der Waals surface area contributed by atoms with Crippen molar-refractivity contribution in [1.82, 2.24) is 14.7 Å². The Morgan fingerprint density at radius 2 is 1.77 bits per heavy atom. The van der Waals surface area contributed by atoms with Crippen LogP contribution in [0, 0.1) is 0 Å². The van der Waals surface area contributed by atoms with E-state index >= 15 is 0 Å². The highest BCUT2D eigenvalue weighted by atomic mass is 16.5. The van der Waals surface area contributed by atoms with E-state index in [1.54, 1.807) is 23.9 Å². The fraction of sp³-hybridized carbons (Fsp3) is 0.412. The minimum Gasteiger partial charge on any atom is -0.497 e. The van der Waals surface area contributed by atoms with Crippen LogP contribution in [-0.2, 0) is 6.67 Å². The second-order valence-corrected chi connectivity index (χ2v) is 5.60. The molecule has 0 amide bonds. The first kappa shape index (κ1) is 14.8. The summed E-state index contributed by atoms with van der Waals surface area (Å²) in [6.07, 6.45) is 3.69. The molecular formula is C17H21N3O2. The SMILES string of the molecule is COc1ccc(-c2ccc(=O)n(CN3CCCCC3)n2)cc1. The molecule has 0 radical (unpaired) electrons. The number of rotatable bonds is 4. The number of methoxy groups -OCH3 is 1. The predicted molar refractivity (Wildman–Crippen MR) is 85.9 cm³/mol. The third-order valence-electron chi connectivity index (χ3n) is 4.04. The van der Waals surface area contributed by atoms with Crippen LogP contribution in [-0.4, -0.2) is 34.9 Å². The van der Waals surface area contributed by atoms with E-state index in [1.807, 2.05) is 24.3 Å². The zero-order valence-electron chi connectivity index (χ0n) is 12.9.